The van der Waals surface area contributed by atoms with E-state index < -0.39 is 5.60 Å². The van der Waals surface area contributed by atoms with Crippen molar-refractivity contribution in [1.82, 2.24) is 14.9 Å². The molecule has 0 unspecified atom stereocenters. The Bertz CT molecular complexity index is 413. The highest BCUT2D eigenvalue weighted by Crippen LogP contribution is 2.22. The second kappa shape index (κ2) is 7.08. The number of ether oxygens (including phenoxy) is 1. The SMILES string of the molecule is COCc1ncc(CN2CCC[C@@](O)(CO)CC2)cn1. The molecule has 1 aliphatic heterocycles. The minimum Gasteiger partial charge on any atom is -0.393 e. The van der Waals surface area contributed by atoms with Crippen molar-refractivity contribution in [2.24, 2.45) is 0 Å². The van der Waals surface area contributed by atoms with Gasteiger partial charge in [0.1, 0.15) is 6.61 Å². The van der Waals surface area contributed by atoms with Gasteiger partial charge in [0.15, 0.2) is 5.82 Å². The molecule has 6 nitrogen and oxygen atoms in total. The summed E-state index contributed by atoms with van der Waals surface area (Å²) in [4.78, 5) is 10.8. The van der Waals surface area contributed by atoms with Gasteiger partial charge in [0.2, 0.25) is 0 Å². The molecule has 0 spiro atoms. The Morgan fingerprint density at radius 2 is 2.05 bits per heavy atom. The number of aliphatic hydroxyl groups is 2. The van der Waals surface area contributed by atoms with E-state index in [1.165, 1.54) is 0 Å². The number of hydrogen-bond acceptors (Lipinski definition) is 6. The maximum atomic E-state index is 10.1. The third kappa shape index (κ3) is 4.21. The van der Waals surface area contributed by atoms with Crippen molar-refractivity contribution in [1.29, 1.82) is 0 Å². The fourth-order valence-corrected chi connectivity index (χ4v) is 2.48. The van der Waals surface area contributed by atoms with Crippen molar-refractivity contribution < 1.29 is 14.9 Å². The molecule has 1 fully saturated rings. The van der Waals surface area contributed by atoms with E-state index in [-0.39, 0.29) is 6.61 Å². The highest BCUT2D eigenvalue weighted by atomic mass is 16.5. The van der Waals surface area contributed by atoms with Crippen LogP contribution in [0.4, 0.5) is 0 Å². The van der Waals surface area contributed by atoms with Gasteiger partial charge in [-0.25, -0.2) is 9.97 Å². The fraction of sp³-hybridized carbons (Fsp3) is 0.714. The van der Waals surface area contributed by atoms with Crippen LogP contribution < -0.4 is 0 Å². The largest absolute Gasteiger partial charge is 0.393 e. The Hall–Kier alpha value is -1.08. The fourth-order valence-electron chi connectivity index (χ4n) is 2.48. The normalized spacial score (nSPS) is 24.6. The minimum absolute atomic E-state index is 0.157. The summed E-state index contributed by atoms with van der Waals surface area (Å²) in [6.45, 7) is 2.73. The predicted octanol–water partition coefficient (Wildman–Crippen LogP) is 0.332. The molecule has 0 saturated carbocycles. The number of likely N-dealkylation sites (tertiary alicyclic amines) is 1. The number of rotatable bonds is 5. The van der Waals surface area contributed by atoms with Gasteiger partial charge in [0.25, 0.3) is 0 Å². The van der Waals surface area contributed by atoms with Crippen molar-refractivity contribution in [3.05, 3.63) is 23.8 Å². The first-order chi connectivity index (χ1) is 9.65. The molecule has 20 heavy (non-hydrogen) atoms. The maximum Gasteiger partial charge on any atom is 0.153 e. The van der Waals surface area contributed by atoms with Gasteiger partial charge in [-0.3, -0.25) is 4.90 Å². The van der Waals surface area contributed by atoms with E-state index in [0.29, 0.717) is 25.3 Å². The summed E-state index contributed by atoms with van der Waals surface area (Å²) in [7, 11) is 1.62. The average Bonchev–Trinajstić information content (AvgIpc) is 2.64. The van der Waals surface area contributed by atoms with E-state index in [2.05, 4.69) is 14.9 Å². The maximum absolute atomic E-state index is 10.1. The van der Waals surface area contributed by atoms with Gasteiger partial charge in [-0.15, -0.1) is 0 Å². The summed E-state index contributed by atoms with van der Waals surface area (Å²) in [6, 6.07) is 0. The summed E-state index contributed by atoms with van der Waals surface area (Å²) in [5.74, 6) is 0.682. The molecular weight excluding hydrogens is 258 g/mol. The Balaban J connectivity index is 1.89. The van der Waals surface area contributed by atoms with Crippen LogP contribution in [-0.2, 0) is 17.9 Å². The molecule has 0 aliphatic carbocycles. The molecule has 1 saturated heterocycles. The zero-order valence-corrected chi connectivity index (χ0v) is 12.0. The lowest BCUT2D eigenvalue weighted by molar-refractivity contribution is -0.0255. The van der Waals surface area contributed by atoms with E-state index in [1.807, 2.05) is 12.4 Å². The van der Waals surface area contributed by atoms with Gasteiger partial charge >= 0.3 is 0 Å². The van der Waals surface area contributed by atoms with Crippen LogP contribution in [0.15, 0.2) is 12.4 Å². The lowest BCUT2D eigenvalue weighted by atomic mass is 9.96. The minimum atomic E-state index is -0.909. The van der Waals surface area contributed by atoms with Gasteiger partial charge in [0.05, 0.1) is 12.2 Å². The number of aromatic nitrogens is 2. The van der Waals surface area contributed by atoms with E-state index in [9.17, 15) is 10.2 Å². The van der Waals surface area contributed by atoms with Crippen LogP contribution in [0, 0.1) is 0 Å². The summed E-state index contributed by atoms with van der Waals surface area (Å²) in [5, 5.41) is 19.4. The third-order valence-electron chi connectivity index (χ3n) is 3.74. The molecule has 0 bridgehead atoms. The van der Waals surface area contributed by atoms with Crippen molar-refractivity contribution >= 4 is 0 Å². The molecule has 0 aromatic carbocycles. The zero-order valence-electron chi connectivity index (χ0n) is 12.0. The lowest BCUT2D eigenvalue weighted by Gasteiger charge is -2.24. The van der Waals surface area contributed by atoms with Gasteiger partial charge in [-0.05, 0) is 25.8 Å². The first kappa shape index (κ1) is 15.3. The van der Waals surface area contributed by atoms with E-state index >= 15 is 0 Å². The molecule has 2 rings (SSSR count). The second-order valence-electron chi connectivity index (χ2n) is 5.45. The third-order valence-corrected chi connectivity index (χ3v) is 3.74. The van der Waals surface area contributed by atoms with E-state index in [0.717, 1.165) is 31.6 Å². The first-order valence-corrected chi connectivity index (χ1v) is 6.99. The van der Waals surface area contributed by atoms with Crippen molar-refractivity contribution in [2.75, 3.05) is 26.8 Å². The number of hydrogen-bond donors (Lipinski definition) is 2. The Morgan fingerprint density at radius 3 is 2.70 bits per heavy atom. The van der Waals surface area contributed by atoms with Crippen LogP contribution in [0.2, 0.25) is 0 Å². The monoisotopic (exact) mass is 281 g/mol. The van der Waals surface area contributed by atoms with Gasteiger partial charge in [-0.1, -0.05) is 0 Å². The number of methoxy groups -OCH3 is 1. The molecule has 0 amide bonds. The van der Waals surface area contributed by atoms with E-state index in [1.54, 1.807) is 7.11 Å². The number of nitrogens with zero attached hydrogens (tertiary/aromatic N) is 3. The average molecular weight is 281 g/mol. The van der Waals surface area contributed by atoms with Crippen molar-refractivity contribution in [3.8, 4) is 0 Å². The van der Waals surface area contributed by atoms with Crippen LogP contribution in [0.25, 0.3) is 0 Å². The topological polar surface area (TPSA) is 78.7 Å². The first-order valence-electron chi connectivity index (χ1n) is 6.99. The van der Waals surface area contributed by atoms with Crippen LogP contribution in [0.3, 0.4) is 0 Å². The highest BCUT2D eigenvalue weighted by Gasteiger charge is 2.29. The standard InChI is InChI=1S/C14H23N3O3/c1-20-10-13-15-7-12(8-16-13)9-17-5-2-3-14(19,11-18)4-6-17/h7-8,18-19H,2-6,9-11H2,1H3/t14-/m0/s1. The predicted molar refractivity (Wildman–Crippen MR) is 73.9 cm³/mol. The highest BCUT2D eigenvalue weighted by molar-refractivity contribution is 5.05. The molecule has 1 atom stereocenters. The lowest BCUT2D eigenvalue weighted by Crippen LogP contribution is -2.34. The summed E-state index contributed by atoms with van der Waals surface area (Å²) in [5.41, 5.74) is 0.146. The van der Waals surface area contributed by atoms with Crippen LogP contribution in [-0.4, -0.2) is 57.5 Å². The summed E-state index contributed by atoms with van der Waals surface area (Å²) < 4.78 is 4.98. The second-order valence-corrected chi connectivity index (χ2v) is 5.45. The molecule has 1 aromatic heterocycles. The molecule has 6 heteroatoms. The molecular formula is C14H23N3O3. The van der Waals surface area contributed by atoms with Crippen LogP contribution >= 0.6 is 0 Å². The van der Waals surface area contributed by atoms with Crippen molar-refractivity contribution in [3.63, 3.8) is 0 Å². The molecule has 1 aromatic rings. The number of aliphatic hydroxyl groups excluding tert-OH is 1. The van der Waals surface area contributed by atoms with Gasteiger partial charge in [-0.2, -0.15) is 0 Å². The van der Waals surface area contributed by atoms with Crippen molar-refractivity contribution in [2.45, 2.75) is 38.0 Å². The van der Waals surface area contributed by atoms with Crippen LogP contribution in [0.1, 0.15) is 30.7 Å². The molecule has 0 radical (unpaired) electrons. The van der Waals surface area contributed by atoms with Gasteiger partial charge in [0, 0.05) is 38.2 Å². The summed E-state index contributed by atoms with van der Waals surface area (Å²) in [6.07, 6.45) is 5.80. The zero-order chi connectivity index (χ0) is 14.4. The Morgan fingerprint density at radius 1 is 1.30 bits per heavy atom. The molecule has 1 aliphatic rings. The van der Waals surface area contributed by atoms with E-state index in [4.69, 9.17) is 4.74 Å². The molecule has 2 heterocycles. The molecule has 112 valence electrons. The summed E-state index contributed by atoms with van der Waals surface area (Å²) >= 11 is 0. The molecule has 2 N–H and O–H groups in total. The Labute approximate surface area is 119 Å². The quantitative estimate of drug-likeness (QED) is 0.810. The van der Waals surface area contributed by atoms with Gasteiger partial charge < -0.3 is 14.9 Å². The Kier molecular flexibility index (Phi) is 5.42. The van der Waals surface area contributed by atoms with Crippen LogP contribution in [0.5, 0.6) is 0 Å². The smallest absolute Gasteiger partial charge is 0.153 e.